The van der Waals surface area contributed by atoms with E-state index in [0.717, 1.165) is 42.5 Å². The van der Waals surface area contributed by atoms with E-state index in [2.05, 4.69) is 31.2 Å². The van der Waals surface area contributed by atoms with Gasteiger partial charge in [-0.05, 0) is 35.4 Å². The topological polar surface area (TPSA) is 41.4 Å². The number of hydrogen-bond donors (Lipinski definition) is 1. The van der Waals surface area contributed by atoms with Crippen molar-refractivity contribution < 1.29 is 23.8 Å². The highest BCUT2D eigenvalue weighted by Gasteiger charge is 2.42. The maximum absolute atomic E-state index is 5.65. The van der Waals surface area contributed by atoms with Gasteiger partial charge in [0.1, 0.15) is 12.6 Å². The Morgan fingerprint density at radius 3 is 2.42 bits per heavy atom. The number of rotatable bonds is 2. The van der Waals surface area contributed by atoms with Gasteiger partial charge in [-0.3, -0.25) is 0 Å². The zero-order valence-electron chi connectivity index (χ0n) is 15.4. The summed E-state index contributed by atoms with van der Waals surface area (Å²) in [5.74, 6) is 3.80. The highest BCUT2D eigenvalue weighted by molar-refractivity contribution is 5.53. The number of methoxy groups -OCH3 is 2. The average Bonchev–Trinajstić information content (AvgIpc) is 3.12. The third-order valence-corrected chi connectivity index (χ3v) is 6.18. The van der Waals surface area contributed by atoms with Gasteiger partial charge in [-0.15, -0.1) is 0 Å². The average molecular weight is 354 g/mol. The summed E-state index contributed by atoms with van der Waals surface area (Å²) >= 11 is 0. The molecular formula is C21H24NO4+. The second-order valence-electron chi connectivity index (χ2n) is 7.41. The van der Waals surface area contributed by atoms with E-state index in [9.17, 15) is 0 Å². The van der Waals surface area contributed by atoms with Gasteiger partial charge in [-0.2, -0.15) is 0 Å². The molecule has 1 unspecified atom stereocenters. The SMILES string of the molecule is COc1cc2c(cc1OC)[C@@H](C)[C@@H]1c3cc4c(cc3CC[NH+]1C2)OCO4. The van der Waals surface area contributed by atoms with E-state index in [1.807, 2.05) is 0 Å². The third-order valence-electron chi connectivity index (χ3n) is 6.18. The largest absolute Gasteiger partial charge is 0.493 e. The summed E-state index contributed by atoms with van der Waals surface area (Å²) in [6, 6.07) is 9.15. The number of ether oxygens (including phenoxy) is 4. The Morgan fingerprint density at radius 2 is 1.65 bits per heavy atom. The molecule has 3 heterocycles. The maximum atomic E-state index is 5.65. The van der Waals surface area contributed by atoms with Crippen LogP contribution in [0.15, 0.2) is 24.3 Å². The molecule has 3 aliphatic rings. The van der Waals surface area contributed by atoms with Crippen LogP contribution in [0.4, 0.5) is 0 Å². The van der Waals surface area contributed by atoms with E-state index >= 15 is 0 Å². The lowest BCUT2D eigenvalue weighted by atomic mass is 9.77. The van der Waals surface area contributed by atoms with Gasteiger partial charge in [0.05, 0.1) is 20.8 Å². The van der Waals surface area contributed by atoms with Crippen molar-refractivity contribution in [1.82, 2.24) is 0 Å². The molecule has 5 nitrogen and oxygen atoms in total. The highest BCUT2D eigenvalue weighted by Crippen LogP contribution is 2.44. The fourth-order valence-corrected chi connectivity index (χ4v) is 4.94. The molecule has 5 heteroatoms. The van der Waals surface area contributed by atoms with Crippen LogP contribution in [-0.2, 0) is 13.0 Å². The normalized spacial score (nSPS) is 25.1. The van der Waals surface area contributed by atoms with Crippen LogP contribution < -0.4 is 23.8 Å². The fraction of sp³-hybridized carbons (Fsp3) is 0.429. The minimum Gasteiger partial charge on any atom is -0.493 e. The minimum absolute atomic E-state index is 0.328. The van der Waals surface area contributed by atoms with E-state index in [4.69, 9.17) is 18.9 Å². The third kappa shape index (κ3) is 2.20. The van der Waals surface area contributed by atoms with Gasteiger partial charge >= 0.3 is 0 Å². The molecule has 0 aromatic heterocycles. The predicted octanol–water partition coefficient (Wildman–Crippen LogP) is 2.23. The zero-order chi connectivity index (χ0) is 17.8. The molecule has 26 heavy (non-hydrogen) atoms. The van der Waals surface area contributed by atoms with Crippen LogP contribution in [0, 0.1) is 0 Å². The molecule has 0 spiro atoms. The van der Waals surface area contributed by atoms with Crippen LogP contribution in [0.1, 0.15) is 41.1 Å². The first kappa shape index (κ1) is 15.8. The van der Waals surface area contributed by atoms with E-state index in [-0.39, 0.29) is 0 Å². The molecule has 5 rings (SSSR count). The van der Waals surface area contributed by atoms with Gasteiger partial charge < -0.3 is 23.8 Å². The van der Waals surface area contributed by atoms with Crippen LogP contribution in [0.3, 0.4) is 0 Å². The lowest BCUT2D eigenvalue weighted by Crippen LogP contribution is -3.13. The minimum atomic E-state index is 0.328. The molecule has 0 fully saturated rings. The fourth-order valence-electron chi connectivity index (χ4n) is 4.94. The predicted molar refractivity (Wildman–Crippen MR) is 96.5 cm³/mol. The van der Waals surface area contributed by atoms with Crippen molar-refractivity contribution in [3.63, 3.8) is 0 Å². The van der Waals surface area contributed by atoms with E-state index in [1.54, 1.807) is 19.1 Å². The molecule has 0 bridgehead atoms. The second-order valence-corrected chi connectivity index (χ2v) is 7.41. The lowest BCUT2D eigenvalue weighted by molar-refractivity contribution is -0.951. The molecule has 0 radical (unpaired) electrons. The van der Waals surface area contributed by atoms with Crippen molar-refractivity contribution in [2.75, 3.05) is 27.6 Å². The van der Waals surface area contributed by atoms with Crippen LogP contribution in [0.25, 0.3) is 0 Å². The molecule has 0 saturated heterocycles. The van der Waals surface area contributed by atoms with Gasteiger partial charge in [-0.25, -0.2) is 0 Å². The first-order valence-corrected chi connectivity index (χ1v) is 9.21. The molecule has 2 aromatic rings. The Balaban J connectivity index is 1.61. The summed E-state index contributed by atoms with van der Waals surface area (Å²) in [5.41, 5.74) is 5.54. The van der Waals surface area contributed by atoms with Gasteiger partial charge in [0, 0.05) is 23.5 Å². The quantitative estimate of drug-likeness (QED) is 0.898. The molecule has 3 atom stereocenters. The van der Waals surface area contributed by atoms with Crippen LogP contribution in [0.2, 0.25) is 0 Å². The molecule has 1 N–H and O–H groups in total. The van der Waals surface area contributed by atoms with Crippen molar-refractivity contribution in [2.45, 2.75) is 31.8 Å². The van der Waals surface area contributed by atoms with Crippen molar-refractivity contribution >= 4 is 0 Å². The van der Waals surface area contributed by atoms with Crippen molar-refractivity contribution in [3.05, 3.63) is 46.5 Å². The second kappa shape index (κ2) is 5.81. The van der Waals surface area contributed by atoms with Crippen molar-refractivity contribution in [3.8, 4) is 23.0 Å². The summed E-state index contributed by atoms with van der Waals surface area (Å²) in [4.78, 5) is 1.61. The van der Waals surface area contributed by atoms with Crippen LogP contribution in [0.5, 0.6) is 23.0 Å². The molecule has 0 aliphatic carbocycles. The Bertz CT molecular complexity index is 879. The van der Waals surface area contributed by atoms with E-state index in [1.165, 1.54) is 22.3 Å². The smallest absolute Gasteiger partial charge is 0.231 e. The van der Waals surface area contributed by atoms with E-state index < -0.39 is 0 Å². The Labute approximate surface area is 153 Å². The van der Waals surface area contributed by atoms with Crippen molar-refractivity contribution in [2.24, 2.45) is 0 Å². The first-order chi connectivity index (χ1) is 12.7. The van der Waals surface area contributed by atoms with Crippen LogP contribution in [-0.4, -0.2) is 27.6 Å². The standard InChI is InChI=1S/C21H23NO4/c1-12-15-8-18(24-3)17(23-2)7-14(15)10-22-5-4-13-6-19-20(26-11-25-19)9-16(13)21(12)22/h6-9,12,21H,4-5,10-11H2,1-3H3/p+1/t12-,21-/m1/s1. The Kier molecular flexibility index (Phi) is 3.54. The molecule has 0 saturated carbocycles. The number of quaternary nitrogens is 1. The van der Waals surface area contributed by atoms with Crippen molar-refractivity contribution in [1.29, 1.82) is 0 Å². The van der Waals surface area contributed by atoms with Gasteiger partial charge in [0.25, 0.3) is 0 Å². The number of hydrogen-bond acceptors (Lipinski definition) is 4. The number of nitrogens with one attached hydrogen (secondary N) is 1. The Morgan fingerprint density at radius 1 is 0.923 bits per heavy atom. The summed E-state index contributed by atoms with van der Waals surface area (Å²) in [6.45, 7) is 4.80. The highest BCUT2D eigenvalue weighted by atomic mass is 16.7. The first-order valence-electron chi connectivity index (χ1n) is 9.21. The molecular weight excluding hydrogens is 330 g/mol. The summed E-state index contributed by atoms with van der Waals surface area (Å²) < 4.78 is 22.3. The molecule has 0 amide bonds. The summed E-state index contributed by atoms with van der Waals surface area (Å²) in [5, 5.41) is 0. The van der Waals surface area contributed by atoms with Gasteiger partial charge in [0.2, 0.25) is 6.79 Å². The lowest BCUT2D eigenvalue weighted by Gasteiger charge is -2.42. The van der Waals surface area contributed by atoms with Crippen LogP contribution >= 0.6 is 0 Å². The monoisotopic (exact) mass is 354 g/mol. The van der Waals surface area contributed by atoms with Gasteiger partial charge in [0.15, 0.2) is 23.0 Å². The summed E-state index contributed by atoms with van der Waals surface area (Å²) in [6.07, 6.45) is 1.08. The molecule has 136 valence electrons. The van der Waals surface area contributed by atoms with E-state index in [0.29, 0.717) is 18.8 Å². The van der Waals surface area contributed by atoms with Gasteiger partial charge in [-0.1, -0.05) is 6.92 Å². The molecule has 3 aliphatic heterocycles. The Hall–Kier alpha value is -2.40. The number of fused-ring (bicyclic) bond motifs is 5. The maximum Gasteiger partial charge on any atom is 0.231 e. The molecule has 2 aromatic carbocycles. The number of benzene rings is 2. The summed E-state index contributed by atoms with van der Waals surface area (Å²) in [7, 11) is 3.40. The zero-order valence-corrected chi connectivity index (χ0v) is 15.4.